The van der Waals surface area contributed by atoms with E-state index in [1.165, 1.54) is 6.08 Å². The zero-order valence-corrected chi connectivity index (χ0v) is 11.1. The van der Waals surface area contributed by atoms with Crippen LogP contribution < -0.4 is 5.32 Å². The highest BCUT2D eigenvalue weighted by Crippen LogP contribution is 2.21. The molecule has 106 valence electrons. The standard InChI is InChI=1S/C15H20F3N/c1-2-3-4-8-11-14(15(16,17)18)19-12-13-9-6-5-7-10-13/h5-11,14,19H,2-4,12H2,1H3/b11-8-. The Kier molecular flexibility index (Phi) is 6.64. The fraction of sp³-hybridized carbons (Fsp3) is 0.467. The lowest BCUT2D eigenvalue weighted by atomic mass is 10.1. The van der Waals surface area contributed by atoms with Gasteiger partial charge in [0.15, 0.2) is 0 Å². The minimum atomic E-state index is -4.25. The summed E-state index contributed by atoms with van der Waals surface area (Å²) in [6, 6.07) is 7.51. The molecule has 1 aromatic rings. The van der Waals surface area contributed by atoms with E-state index in [1.807, 2.05) is 25.1 Å². The van der Waals surface area contributed by atoms with Crippen LogP contribution in [0.15, 0.2) is 42.5 Å². The van der Waals surface area contributed by atoms with E-state index < -0.39 is 12.2 Å². The number of hydrogen-bond acceptors (Lipinski definition) is 1. The van der Waals surface area contributed by atoms with Crippen LogP contribution in [-0.2, 0) is 6.54 Å². The molecule has 1 unspecified atom stereocenters. The molecule has 0 bridgehead atoms. The average molecular weight is 271 g/mol. The van der Waals surface area contributed by atoms with Gasteiger partial charge in [0.05, 0.1) is 0 Å². The number of nitrogens with one attached hydrogen (secondary N) is 1. The van der Waals surface area contributed by atoms with E-state index in [4.69, 9.17) is 0 Å². The smallest absolute Gasteiger partial charge is 0.299 e. The molecule has 0 saturated heterocycles. The summed E-state index contributed by atoms with van der Waals surface area (Å²) in [4.78, 5) is 0. The van der Waals surface area contributed by atoms with Gasteiger partial charge in [-0.1, -0.05) is 62.2 Å². The minimum Gasteiger partial charge on any atom is -0.299 e. The lowest BCUT2D eigenvalue weighted by molar-refractivity contribution is -0.144. The monoisotopic (exact) mass is 271 g/mol. The first-order valence-corrected chi connectivity index (χ1v) is 6.54. The first-order chi connectivity index (χ1) is 9.04. The van der Waals surface area contributed by atoms with Crippen molar-refractivity contribution in [2.45, 2.75) is 44.9 Å². The Balaban J connectivity index is 2.53. The van der Waals surface area contributed by atoms with Gasteiger partial charge >= 0.3 is 6.18 Å². The molecule has 19 heavy (non-hydrogen) atoms. The molecule has 0 spiro atoms. The van der Waals surface area contributed by atoms with Crippen LogP contribution in [0.4, 0.5) is 13.2 Å². The Bertz CT molecular complexity index is 371. The molecular weight excluding hydrogens is 251 g/mol. The summed E-state index contributed by atoms with van der Waals surface area (Å²) in [6.07, 6.45) is 1.17. The predicted octanol–water partition coefficient (Wildman–Crippen LogP) is 4.45. The Morgan fingerprint density at radius 3 is 2.47 bits per heavy atom. The molecule has 0 heterocycles. The zero-order chi connectivity index (χ0) is 14.1. The van der Waals surface area contributed by atoms with E-state index in [0.717, 1.165) is 18.4 Å². The summed E-state index contributed by atoms with van der Waals surface area (Å²) in [5.74, 6) is 0. The molecule has 0 amide bonds. The van der Waals surface area contributed by atoms with Crippen LogP contribution >= 0.6 is 0 Å². The maximum atomic E-state index is 12.8. The maximum absolute atomic E-state index is 12.8. The molecule has 0 saturated carbocycles. The summed E-state index contributed by atoms with van der Waals surface area (Å²) < 4.78 is 38.5. The van der Waals surface area contributed by atoms with Crippen LogP contribution in [0.5, 0.6) is 0 Å². The molecule has 1 N–H and O–H groups in total. The van der Waals surface area contributed by atoms with Crippen molar-refractivity contribution < 1.29 is 13.2 Å². The number of alkyl halides is 3. The number of benzene rings is 1. The van der Waals surface area contributed by atoms with Crippen molar-refractivity contribution >= 4 is 0 Å². The van der Waals surface area contributed by atoms with Gasteiger partial charge < -0.3 is 0 Å². The third kappa shape index (κ3) is 6.43. The van der Waals surface area contributed by atoms with Crippen molar-refractivity contribution in [3.05, 3.63) is 48.0 Å². The second-order valence-electron chi connectivity index (χ2n) is 4.46. The Morgan fingerprint density at radius 2 is 1.89 bits per heavy atom. The molecule has 0 aliphatic carbocycles. The summed E-state index contributed by atoms with van der Waals surface area (Å²) >= 11 is 0. The van der Waals surface area contributed by atoms with Gasteiger partial charge in [-0.2, -0.15) is 13.2 Å². The third-order valence-electron chi connectivity index (χ3n) is 2.77. The summed E-state index contributed by atoms with van der Waals surface area (Å²) in [5.41, 5.74) is 0.846. The van der Waals surface area contributed by atoms with Crippen LogP contribution in [-0.4, -0.2) is 12.2 Å². The maximum Gasteiger partial charge on any atom is 0.407 e. The lowest BCUT2D eigenvalue weighted by Crippen LogP contribution is -2.40. The topological polar surface area (TPSA) is 12.0 Å². The second kappa shape index (κ2) is 8.00. The van der Waals surface area contributed by atoms with Crippen LogP contribution in [0, 0.1) is 0 Å². The van der Waals surface area contributed by atoms with Crippen molar-refractivity contribution in [3.63, 3.8) is 0 Å². The van der Waals surface area contributed by atoms with E-state index in [0.29, 0.717) is 6.42 Å². The van der Waals surface area contributed by atoms with Gasteiger partial charge in [-0.25, -0.2) is 0 Å². The van der Waals surface area contributed by atoms with Gasteiger partial charge in [0, 0.05) is 6.54 Å². The van der Waals surface area contributed by atoms with Crippen LogP contribution in [0.2, 0.25) is 0 Å². The first-order valence-electron chi connectivity index (χ1n) is 6.54. The van der Waals surface area contributed by atoms with Gasteiger partial charge in [0.1, 0.15) is 6.04 Å². The van der Waals surface area contributed by atoms with E-state index in [1.54, 1.807) is 18.2 Å². The molecule has 1 aromatic carbocycles. The molecule has 1 nitrogen and oxygen atoms in total. The van der Waals surface area contributed by atoms with Crippen LogP contribution in [0.3, 0.4) is 0 Å². The molecule has 0 fully saturated rings. The molecule has 0 aromatic heterocycles. The van der Waals surface area contributed by atoms with E-state index in [-0.39, 0.29) is 6.54 Å². The number of hydrogen-bond donors (Lipinski definition) is 1. The number of allylic oxidation sites excluding steroid dienone is 1. The van der Waals surface area contributed by atoms with Crippen LogP contribution in [0.1, 0.15) is 31.7 Å². The zero-order valence-electron chi connectivity index (χ0n) is 11.1. The van der Waals surface area contributed by atoms with E-state index >= 15 is 0 Å². The molecule has 0 aliphatic heterocycles. The van der Waals surface area contributed by atoms with Gasteiger partial charge in [-0.15, -0.1) is 0 Å². The molecule has 4 heteroatoms. The summed E-state index contributed by atoms with van der Waals surface area (Å²) in [7, 11) is 0. The Hall–Kier alpha value is -1.29. The van der Waals surface area contributed by atoms with Crippen molar-refractivity contribution in [1.82, 2.24) is 5.32 Å². The highest BCUT2D eigenvalue weighted by Gasteiger charge is 2.37. The third-order valence-corrected chi connectivity index (χ3v) is 2.77. The molecular formula is C15H20F3N. The highest BCUT2D eigenvalue weighted by molar-refractivity contribution is 5.15. The first kappa shape index (κ1) is 15.8. The summed E-state index contributed by atoms with van der Waals surface area (Å²) in [6.45, 7) is 2.23. The minimum absolute atomic E-state index is 0.211. The van der Waals surface area contributed by atoms with Gasteiger partial charge in [-0.3, -0.25) is 5.32 Å². The molecule has 0 aliphatic rings. The Labute approximate surface area is 112 Å². The van der Waals surface area contributed by atoms with Crippen molar-refractivity contribution in [3.8, 4) is 0 Å². The largest absolute Gasteiger partial charge is 0.407 e. The SMILES string of the molecule is CCCC/C=C\C(NCc1ccccc1)C(F)(F)F. The molecule has 1 atom stereocenters. The fourth-order valence-corrected chi connectivity index (χ4v) is 1.67. The van der Waals surface area contributed by atoms with Crippen molar-refractivity contribution in [2.24, 2.45) is 0 Å². The second-order valence-corrected chi connectivity index (χ2v) is 4.46. The predicted molar refractivity (Wildman–Crippen MR) is 71.8 cm³/mol. The van der Waals surface area contributed by atoms with Crippen molar-refractivity contribution in [1.29, 1.82) is 0 Å². The highest BCUT2D eigenvalue weighted by atomic mass is 19.4. The van der Waals surface area contributed by atoms with Crippen molar-refractivity contribution in [2.75, 3.05) is 0 Å². The van der Waals surface area contributed by atoms with E-state index in [9.17, 15) is 13.2 Å². The quantitative estimate of drug-likeness (QED) is 0.570. The number of rotatable bonds is 7. The van der Waals surface area contributed by atoms with Gasteiger partial charge in [0.2, 0.25) is 0 Å². The number of halogens is 3. The average Bonchev–Trinajstić information content (AvgIpc) is 2.37. The molecule has 1 rings (SSSR count). The van der Waals surface area contributed by atoms with Gasteiger partial charge in [0.25, 0.3) is 0 Å². The van der Waals surface area contributed by atoms with Crippen LogP contribution in [0.25, 0.3) is 0 Å². The Morgan fingerprint density at radius 1 is 1.21 bits per heavy atom. The molecule has 0 radical (unpaired) electrons. The normalized spacial score (nSPS) is 13.9. The van der Waals surface area contributed by atoms with Gasteiger partial charge in [-0.05, 0) is 12.0 Å². The summed E-state index contributed by atoms with van der Waals surface area (Å²) in [5, 5.41) is 2.54. The van der Waals surface area contributed by atoms with E-state index in [2.05, 4.69) is 5.32 Å². The fourth-order valence-electron chi connectivity index (χ4n) is 1.67. The lowest BCUT2D eigenvalue weighted by Gasteiger charge is -2.18. The number of unbranched alkanes of at least 4 members (excludes halogenated alkanes) is 2.